The van der Waals surface area contributed by atoms with Crippen LogP contribution in [0.15, 0.2) is 42.5 Å². The van der Waals surface area contributed by atoms with Gasteiger partial charge in [-0.3, -0.25) is 9.59 Å². The van der Waals surface area contributed by atoms with E-state index in [1.807, 2.05) is 24.3 Å². The quantitative estimate of drug-likeness (QED) is 0.719. The van der Waals surface area contributed by atoms with Gasteiger partial charge in [0.2, 0.25) is 11.8 Å². The van der Waals surface area contributed by atoms with Gasteiger partial charge >= 0.3 is 0 Å². The molecule has 0 heterocycles. The Morgan fingerprint density at radius 2 is 1.72 bits per heavy atom. The third kappa shape index (κ3) is 6.29. The van der Waals surface area contributed by atoms with Crippen molar-refractivity contribution in [2.45, 2.75) is 12.8 Å². The zero-order valence-electron chi connectivity index (χ0n) is 13.6. The Morgan fingerprint density at radius 3 is 2.40 bits per heavy atom. The largest absolute Gasteiger partial charge is 0.496 e. The lowest BCUT2D eigenvalue weighted by Crippen LogP contribution is -2.29. The summed E-state index contributed by atoms with van der Waals surface area (Å²) in [5.74, 6) is -0.0269. The van der Waals surface area contributed by atoms with Crippen molar-refractivity contribution in [2.75, 3.05) is 19.0 Å². The molecule has 0 aliphatic heterocycles. The fourth-order valence-corrected chi connectivity index (χ4v) is 2.81. The summed E-state index contributed by atoms with van der Waals surface area (Å²) >= 11 is 11.7. The molecule has 2 aromatic carbocycles. The minimum Gasteiger partial charge on any atom is -0.496 e. The van der Waals surface area contributed by atoms with Gasteiger partial charge in [-0.1, -0.05) is 41.4 Å². The summed E-state index contributed by atoms with van der Waals surface area (Å²) in [4.78, 5) is 23.8. The first-order chi connectivity index (χ1) is 12.0. The second-order valence-corrected chi connectivity index (χ2v) is 6.17. The summed E-state index contributed by atoms with van der Waals surface area (Å²) in [6.45, 7) is 0.412. The maximum absolute atomic E-state index is 11.9. The second-order valence-electron chi connectivity index (χ2n) is 5.29. The van der Waals surface area contributed by atoms with Crippen molar-refractivity contribution in [2.24, 2.45) is 0 Å². The molecule has 2 amide bonds. The molecule has 0 unspecified atom stereocenters. The molecule has 0 radical (unpaired) electrons. The van der Waals surface area contributed by atoms with Gasteiger partial charge in [-0.05, 0) is 36.2 Å². The Kier molecular flexibility index (Phi) is 7.10. The van der Waals surface area contributed by atoms with E-state index in [2.05, 4.69) is 10.6 Å². The predicted molar refractivity (Wildman–Crippen MR) is 99.4 cm³/mol. The summed E-state index contributed by atoms with van der Waals surface area (Å²) in [6, 6.07) is 12.3. The molecule has 2 rings (SSSR count). The van der Waals surface area contributed by atoms with Crippen molar-refractivity contribution in [3.05, 3.63) is 58.1 Å². The van der Waals surface area contributed by atoms with Crippen LogP contribution in [0.25, 0.3) is 0 Å². The smallest absolute Gasteiger partial charge is 0.233 e. The molecular weight excluding hydrogens is 363 g/mol. The van der Waals surface area contributed by atoms with Gasteiger partial charge in [-0.25, -0.2) is 0 Å². The fraction of sp³-hybridized carbons (Fsp3) is 0.222. The maximum atomic E-state index is 11.9. The van der Waals surface area contributed by atoms with Gasteiger partial charge in [-0.15, -0.1) is 0 Å². The highest BCUT2D eigenvalue weighted by Crippen LogP contribution is 2.22. The van der Waals surface area contributed by atoms with Crippen molar-refractivity contribution in [3.63, 3.8) is 0 Å². The average Bonchev–Trinajstić information content (AvgIpc) is 2.54. The molecule has 7 heteroatoms. The second kappa shape index (κ2) is 9.30. The van der Waals surface area contributed by atoms with E-state index in [9.17, 15) is 9.59 Å². The van der Waals surface area contributed by atoms with Crippen LogP contribution in [-0.2, 0) is 16.0 Å². The summed E-state index contributed by atoms with van der Waals surface area (Å²) < 4.78 is 5.25. The van der Waals surface area contributed by atoms with E-state index in [1.54, 1.807) is 25.3 Å². The van der Waals surface area contributed by atoms with Crippen LogP contribution in [0.2, 0.25) is 10.0 Å². The number of amides is 2. The molecule has 5 nitrogen and oxygen atoms in total. The van der Waals surface area contributed by atoms with Crippen LogP contribution in [0.1, 0.15) is 12.0 Å². The Balaban J connectivity index is 1.78. The van der Waals surface area contributed by atoms with Gasteiger partial charge in [0.1, 0.15) is 12.2 Å². The zero-order chi connectivity index (χ0) is 18.2. The number of hydrogen-bond acceptors (Lipinski definition) is 3. The summed E-state index contributed by atoms with van der Waals surface area (Å²) in [6.07, 6.45) is 0.331. The third-order valence-corrected chi connectivity index (χ3v) is 3.81. The van der Waals surface area contributed by atoms with Crippen molar-refractivity contribution in [1.82, 2.24) is 5.32 Å². The maximum Gasteiger partial charge on any atom is 0.233 e. The highest BCUT2D eigenvalue weighted by atomic mass is 35.5. The van der Waals surface area contributed by atoms with Gasteiger partial charge in [0.05, 0.1) is 7.11 Å². The minimum atomic E-state index is -0.437. The number of para-hydroxylation sites is 1. The number of hydrogen-bond donors (Lipinski definition) is 2. The Morgan fingerprint density at radius 1 is 1.04 bits per heavy atom. The Hall–Kier alpha value is -2.24. The first-order valence-electron chi connectivity index (χ1n) is 7.62. The van der Waals surface area contributed by atoms with Crippen molar-refractivity contribution < 1.29 is 14.3 Å². The molecule has 25 heavy (non-hydrogen) atoms. The van der Waals surface area contributed by atoms with Crippen LogP contribution in [0, 0.1) is 0 Å². The summed E-state index contributed by atoms with van der Waals surface area (Å²) in [7, 11) is 1.60. The standard InChI is InChI=1S/C18H18Cl2N2O3/c1-25-16-5-3-2-4-12(16)6-7-21-17(23)11-18(24)22-15-9-13(19)8-14(20)10-15/h2-5,8-10H,6-7,11H2,1H3,(H,21,23)(H,22,24). The number of carbonyl (C=O) groups excluding carboxylic acids is 2. The molecule has 0 aliphatic carbocycles. The molecule has 132 valence electrons. The van der Waals surface area contributed by atoms with E-state index < -0.39 is 5.91 Å². The molecule has 0 aliphatic rings. The van der Waals surface area contributed by atoms with Crippen LogP contribution in [-0.4, -0.2) is 25.5 Å². The average molecular weight is 381 g/mol. The predicted octanol–water partition coefficient (Wildman–Crippen LogP) is 3.69. The molecule has 0 saturated carbocycles. The van der Waals surface area contributed by atoms with Crippen molar-refractivity contribution in [3.8, 4) is 5.75 Å². The van der Waals surface area contributed by atoms with Crippen LogP contribution in [0.5, 0.6) is 5.75 Å². The summed E-state index contributed by atoms with van der Waals surface area (Å²) in [5, 5.41) is 6.12. The number of ether oxygens (including phenoxy) is 1. The van der Waals surface area contributed by atoms with Crippen LogP contribution in [0.4, 0.5) is 5.69 Å². The molecular formula is C18H18Cl2N2O3. The van der Waals surface area contributed by atoms with Gasteiger partial charge < -0.3 is 15.4 Å². The third-order valence-electron chi connectivity index (χ3n) is 3.38. The first kappa shape index (κ1) is 19.1. The van der Waals surface area contributed by atoms with Crippen LogP contribution in [0.3, 0.4) is 0 Å². The lowest BCUT2D eigenvalue weighted by atomic mass is 10.1. The molecule has 0 bridgehead atoms. The van der Waals surface area contributed by atoms with Crippen LogP contribution < -0.4 is 15.4 Å². The fourth-order valence-electron chi connectivity index (χ4n) is 2.29. The number of halogens is 2. The van der Waals surface area contributed by atoms with Gasteiger partial charge in [0, 0.05) is 22.3 Å². The topological polar surface area (TPSA) is 67.4 Å². The van der Waals surface area contributed by atoms with E-state index in [1.165, 1.54) is 0 Å². The summed E-state index contributed by atoms with van der Waals surface area (Å²) in [5.41, 5.74) is 1.44. The molecule has 0 fully saturated rings. The molecule has 0 spiro atoms. The molecule has 0 aromatic heterocycles. The van der Waals surface area contributed by atoms with Crippen molar-refractivity contribution >= 4 is 40.7 Å². The molecule has 0 saturated heterocycles. The molecule has 2 N–H and O–H groups in total. The van der Waals surface area contributed by atoms with E-state index in [0.717, 1.165) is 11.3 Å². The lowest BCUT2D eigenvalue weighted by molar-refractivity contribution is -0.126. The number of anilines is 1. The van der Waals surface area contributed by atoms with Crippen molar-refractivity contribution in [1.29, 1.82) is 0 Å². The highest BCUT2D eigenvalue weighted by molar-refractivity contribution is 6.35. The van der Waals surface area contributed by atoms with E-state index >= 15 is 0 Å². The van der Waals surface area contributed by atoms with E-state index in [-0.39, 0.29) is 12.3 Å². The lowest BCUT2D eigenvalue weighted by Gasteiger charge is -2.09. The molecule has 2 aromatic rings. The number of rotatable bonds is 7. The van der Waals surface area contributed by atoms with E-state index in [0.29, 0.717) is 28.7 Å². The number of nitrogens with one attached hydrogen (secondary N) is 2. The number of benzene rings is 2. The Labute approximate surface area is 156 Å². The normalized spacial score (nSPS) is 10.2. The Bertz CT molecular complexity index is 745. The van der Waals surface area contributed by atoms with Crippen LogP contribution >= 0.6 is 23.2 Å². The zero-order valence-corrected chi connectivity index (χ0v) is 15.2. The monoisotopic (exact) mass is 380 g/mol. The molecule has 0 atom stereocenters. The van der Waals surface area contributed by atoms with Gasteiger partial charge in [0.25, 0.3) is 0 Å². The highest BCUT2D eigenvalue weighted by Gasteiger charge is 2.10. The van der Waals surface area contributed by atoms with Gasteiger partial charge in [0.15, 0.2) is 0 Å². The number of methoxy groups -OCH3 is 1. The van der Waals surface area contributed by atoms with E-state index in [4.69, 9.17) is 27.9 Å². The number of carbonyl (C=O) groups is 2. The SMILES string of the molecule is COc1ccccc1CCNC(=O)CC(=O)Nc1cc(Cl)cc(Cl)c1. The minimum absolute atomic E-state index is 0.282. The first-order valence-corrected chi connectivity index (χ1v) is 8.38. The van der Waals surface area contributed by atoms with Gasteiger partial charge in [-0.2, -0.15) is 0 Å².